The van der Waals surface area contributed by atoms with Gasteiger partial charge in [-0.3, -0.25) is 9.88 Å². The molecule has 218 valence electrons. The number of aliphatic hydroxyl groups is 1. The van der Waals surface area contributed by atoms with Crippen LogP contribution in [0.5, 0.6) is 0 Å². The Labute approximate surface area is 255 Å². The normalized spacial score (nSPS) is 18.0. The zero-order chi connectivity index (χ0) is 30.1. The standard InChI is InChI=1S/C33H32ClN7O2/c1-22-36-12-13-41(22)21-33(2,43)29-18-24-4-3-11-37-30(24)31(27-10-7-25(34)19-28(27)29)39-14-16-40(17-15-39)32(42)38-26-8-5-23(20-35)6-9-26/h3-13,18-19,31,43H,14-17,21H2,1-2H3,(H,38,42)/t31-,33?/m0/s1. The molecule has 9 nitrogen and oxygen atoms in total. The molecule has 43 heavy (non-hydrogen) atoms. The predicted molar refractivity (Wildman–Crippen MR) is 166 cm³/mol. The molecular formula is C33H32ClN7O2. The third-order valence-corrected chi connectivity index (χ3v) is 8.48. The Morgan fingerprint density at radius 2 is 1.88 bits per heavy atom. The molecule has 2 aliphatic rings. The first-order chi connectivity index (χ1) is 20.7. The molecule has 0 bridgehead atoms. The van der Waals surface area contributed by atoms with Crippen LogP contribution in [0.1, 0.15) is 46.7 Å². The van der Waals surface area contributed by atoms with Crippen molar-refractivity contribution in [2.75, 3.05) is 31.5 Å². The minimum Gasteiger partial charge on any atom is -0.384 e. The minimum absolute atomic E-state index is 0.175. The number of amides is 2. The first-order valence-corrected chi connectivity index (χ1v) is 14.6. The van der Waals surface area contributed by atoms with Gasteiger partial charge in [0.2, 0.25) is 0 Å². The molecule has 1 aliphatic heterocycles. The monoisotopic (exact) mass is 593 g/mol. The van der Waals surface area contributed by atoms with Crippen LogP contribution in [0.15, 0.2) is 73.2 Å². The maximum absolute atomic E-state index is 13.1. The van der Waals surface area contributed by atoms with Gasteiger partial charge >= 0.3 is 6.03 Å². The number of hydrogen-bond donors (Lipinski definition) is 2. The molecule has 2 atom stereocenters. The fraction of sp³-hybridized carbons (Fsp3) is 0.273. The van der Waals surface area contributed by atoms with E-state index >= 15 is 0 Å². The van der Waals surface area contributed by atoms with Crippen LogP contribution in [0.25, 0.3) is 11.6 Å². The molecule has 0 spiro atoms. The van der Waals surface area contributed by atoms with Gasteiger partial charge in [0.25, 0.3) is 0 Å². The Kier molecular flexibility index (Phi) is 7.75. The average molecular weight is 594 g/mol. The summed E-state index contributed by atoms with van der Waals surface area (Å²) in [6.45, 7) is 6.38. The molecule has 2 aromatic carbocycles. The number of aryl methyl sites for hydroxylation is 1. The van der Waals surface area contributed by atoms with E-state index in [1.807, 2.05) is 61.0 Å². The van der Waals surface area contributed by atoms with Crippen molar-refractivity contribution in [3.63, 3.8) is 0 Å². The van der Waals surface area contributed by atoms with Crippen molar-refractivity contribution in [3.05, 3.63) is 112 Å². The number of anilines is 1. The number of nitrogens with one attached hydrogen (secondary N) is 1. The Hall–Kier alpha value is -4.49. The van der Waals surface area contributed by atoms with Crippen molar-refractivity contribution >= 4 is 35.0 Å². The number of halogens is 1. The summed E-state index contributed by atoms with van der Waals surface area (Å²) in [5.41, 5.74) is 4.41. The molecule has 1 aliphatic carbocycles. The molecule has 6 rings (SSSR count). The van der Waals surface area contributed by atoms with Gasteiger partial charge in [-0.15, -0.1) is 0 Å². The summed E-state index contributed by atoms with van der Waals surface area (Å²) >= 11 is 6.58. The van der Waals surface area contributed by atoms with Gasteiger partial charge in [0.05, 0.1) is 29.9 Å². The topological polar surface area (TPSA) is 110 Å². The molecule has 1 saturated heterocycles. The van der Waals surface area contributed by atoms with Crippen molar-refractivity contribution in [2.45, 2.75) is 32.0 Å². The van der Waals surface area contributed by atoms with Crippen molar-refractivity contribution in [3.8, 4) is 6.07 Å². The van der Waals surface area contributed by atoms with Crippen molar-refractivity contribution in [1.29, 1.82) is 5.26 Å². The van der Waals surface area contributed by atoms with Crippen molar-refractivity contribution in [1.82, 2.24) is 24.3 Å². The van der Waals surface area contributed by atoms with E-state index in [-0.39, 0.29) is 12.1 Å². The highest BCUT2D eigenvalue weighted by atomic mass is 35.5. The molecule has 4 aromatic rings. The number of fused-ring (bicyclic) bond motifs is 2. The number of hydrogen-bond acceptors (Lipinski definition) is 6. The van der Waals surface area contributed by atoms with Crippen molar-refractivity contribution in [2.24, 2.45) is 0 Å². The summed E-state index contributed by atoms with van der Waals surface area (Å²) in [5.74, 6) is 0.821. The molecule has 10 heteroatoms. The number of urea groups is 1. The Bertz CT molecular complexity index is 1730. The molecule has 0 saturated carbocycles. The van der Waals surface area contributed by atoms with Crippen LogP contribution in [-0.2, 0) is 6.54 Å². The Morgan fingerprint density at radius 1 is 1.12 bits per heavy atom. The molecule has 0 radical (unpaired) electrons. The number of nitriles is 1. The summed E-state index contributed by atoms with van der Waals surface area (Å²) in [5, 5.41) is 24.6. The van der Waals surface area contributed by atoms with Gasteiger partial charge in [-0.1, -0.05) is 23.7 Å². The number of carbonyl (C=O) groups excluding carboxylic acids is 1. The lowest BCUT2D eigenvalue weighted by molar-refractivity contribution is 0.102. The van der Waals surface area contributed by atoms with E-state index in [4.69, 9.17) is 21.8 Å². The summed E-state index contributed by atoms with van der Waals surface area (Å²) in [7, 11) is 0. The smallest absolute Gasteiger partial charge is 0.321 e. The van der Waals surface area contributed by atoms with E-state index in [1.165, 1.54) is 0 Å². The molecule has 1 unspecified atom stereocenters. The number of rotatable bonds is 5. The molecule has 3 heterocycles. The van der Waals surface area contributed by atoms with Gasteiger partial charge in [-0.05, 0) is 84.7 Å². The van der Waals surface area contributed by atoms with E-state index < -0.39 is 5.60 Å². The fourth-order valence-corrected chi connectivity index (χ4v) is 6.15. The van der Waals surface area contributed by atoms with E-state index in [0.717, 1.165) is 33.8 Å². The number of pyridine rings is 1. The summed E-state index contributed by atoms with van der Waals surface area (Å²) < 4.78 is 1.94. The lowest BCUT2D eigenvalue weighted by Gasteiger charge is -2.40. The highest BCUT2D eigenvalue weighted by molar-refractivity contribution is 6.30. The van der Waals surface area contributed by atoms with E-state index in [2.05, 4.69) is 21.3 Å². The zero-order valence-corrected chi connectivity index (χ0v) is 24.8. The first kappa shape index (κ1) is 28.6. The minimum atomic E-state index is -1.24. The first-order valence-electron chi connectivity index (χ1n) is 14.2. The van der Waals surface area contributed by atoms with Crippen LogP contribution in [0, 0.1) is 18.3 Å². The van der Waals surface area contributed by atoms with Crippen LogP contribution >= 0.6 is 11.6 Å². The molecule has 2 N–H and O–H groups in total. The third-order valence-electron chi connectivity index (χ3n) is 8.24. The van der Waals surface area contributed by atoms with E-state index in [9.17, 15) is 9.90 Å². The van der Waals surface area contributed by atoms with Gasteiger partial charge < -0.3 is 19.9 Å². The van der Waals surface area contributed by atoms with Gasteiger partial charge in [-0.2, -0.15) is 5.26 Å². The maximum atomic E-state index is 13.1. The van der Waals surface area contributed by atoms with Gasteiger partial charge in [0, 0.05) is 55.5 Å². The zero-order valence-electron chi connectivity index (χ0n) is 24.0. The Morgan fingerprint density at radius 3 is 2.58 bits per heavy atom. The number of piperazine rings is 1. The number of nitrogens with zero attached hydrogens (tertiary/aromatic N) is 6. The molecular weight excluding hydrogens is 562 g/mol. The molecule has 2 amide bonds. The summed E-state index contributed by atoms with van der Waals surface area (Å²) in [4.78, 5) is 26.4. The van der Waals surface area contributed by atoms with Gasteiger partial charge in [0.15, 0.2) is 0 Å². The quantitative estimate of drug-likeness (QED) is 0.322. The van der Waals surface area contributed by atoms with E-state index in [0.29, 0.717) is 49.0 Å². The number of benzene rings is 2. The van der Waals surface area contributed by atoms with Crippen LogP contribution in [0.2, 0.25) is 5.02 Å². The van der Waals surface area contributed by atoms with Gasteiger partial charge in [0.1, 0.15) is 11.4 Å². The number of aromatic nitrogens is 3. The largest absolute Gasteiger partial charge is 0.384 e. The lowest BCUT2D eigenvalue weighted by Crippen LogP contribution is -2.51. The highest BCUT2D eigenvalue weighted by Gasteiger charge is 2.37. The van der Waals surface area contributed by atoms with Crippen LogP contribution in [0.4, 0.5) is 10.5 Å². The second-order valence-electron chi connectivity index (χ2n) is 11.2. The van der Waals surface area contributed by atoms with Crippen LogP contribution in [-0.4, -0.2) is 67.3 Å². The maximum Gasteiger partial charge on any atom is 0.321 e. The predicted octanol–water partition coefficient (Wildman–Crippen LogP) is 5.36. The molecule has 1 fully saturated rings. The summed E-state index contributed by atoms with van der Waals surface area (Å²) in [6, 6.07) is 18.3. The van der Waals surface area contributed by atoms with Crippen LogP contribution < -0.4 is 5.32 Å². The third kappa shape index (κ3) is 5.77. The number of carbonyl (C=O) groups is 1. The SMILES string of the molecule is Cc1nccn1CC(C)(O)C1=Cc2cccnc2[C@@H](N2CCN(C(=O)Nc3ccc(C#N)cc3)CC2)c2ccc(Cl)cc21. The lowest BCUT2D eigenvalue weighted by atomic mass is 9.85. The fourth-order valence-electron chi connectivity index (χ4n) is 5.98. The average Bonchev–Trinajstić information content (AvgIpc) is 3.33. The summed E-state index contributed by atoms with van der Waals surface area (Å²) in [6.07, 6.45) is 7.44. The Balaban J connectivity index is 1.30. The molecule has 2 aromatic heterocycles. The van der Waals surface area contributed by atoms with E-state index in [1.54, 1.807) is 41.6 Å². The van der Waals surface area contributed by atoms with Crippen molar-refractivity contribution < 1.29 is 9.90 Å². The van der Waals surface area contributed by atoms with Crippen LogP contribution in [0.3, 0.4) is 0 Å². The second-order valence-corrected chi connectivity index (χ2v) is 11.6. The second kappa shape index (κ2) is 11.7. The van der Waals surface area contributed by atoms with Gasteiger partial charge in [-0.25, -0.2) is 9.78 Å². The highest BCUT2D eigenvalue weighted by Crippen LogP contribution is 2.44. The number of imidazole rings is 1.